The van der Waals surface area contributed by atoms with Crippen LogP contribution in [0.1, 0.15) is 27.2 Å². The molecule has 4 rings (SSSR count). The first-order chi connectivity index (χ1) is 13.8. The fourth-order valence-corrected chi connectivity index (χ4v) is 4.21. The second-order valence-electron chi connectivity index (χ2n) is 7.36. The summed E-state index contributed by atoms with van der Waals surface area (Å²) < 4.78 is 38.4. The van der Waals surface area contributed by atoms with Gasteiger partial charge in [0.1, 0.15) is 5.82 Å². The maximum Gasteiger partial charge on any atom is 0.254 e. The lowest BCUT2D eigenvalue weighted by Gasteiger charge is -2.27. The zero-order valence-electron chi connectivity index (χ0n) is 16.0. The van der Waals surface area contributed by atoms with Gasteiger partial charge in [0.15, 0.2) is 0 Å². The first-order valence-corrected chi connectivity index (χ1v) is 11.3. The number of nitrogens with one attached hydrogen (secondary N) is 2. The van der Waals surface area contributed by atoms with Crippen LogP contribution in [0.5, 0.6) is 0 Å². The molecule has 0 atom stereocenters. The summed E-state index contributed by atoms with van der Waals surface area (Å²) in [5, 5.41) is 0.825. The Bertz CT molecular complexity index is 1170. The zero-order valence-corrected chi connectivity index (χ0v) is 16.9. The number of carbonyl (C=O) groups is 1. The van der Waals surface area contributed by atoms with Crippen LogP contribution in [0.15, 0.2) is 42.5 Å². The van der Waals surface area contributed by atoms with E-state index in [9.17, 15) is 17.6 Å². The zero-order chi connectivity index (χ0) is 20.6. The molecule has 2 aromatic carbocycles. The molecule has 2 N–H and O–H groups in total. The number of aromatic nitrogens is 1. The van der Waals surface area contributed by atoms with E-state index in [0.29, 0.717) is 38.0 Å². The van der Waals surface area contributed by atoms with Crippen LogP contribution in [-0.2, 0) is 29.4 Å². The van der Waals surface area contributed by atoms with Crippen molar-refractivity contribution in [1.82, 2.24) is 14.6 Å². The van der Waals surface area contributed by atoms with Gasteiger partial charge in [0, 0.05) is 53.8 Å². The van der Waals surface area contributed by atoms with Gasteiger partial charge in [0.05, 0.1) is 6.26 Å². The fourth-order valence-electron chi connectivity index (χ4n) is 3.74. The Morgan fingerprint density at radius 3 is 2.69 bits per heavy atom. The second-order valence-corrected chi connectivity index (χ2v) is 9.20. The Labute approximate surface area is 168 Å². The monoisotopic (exact) mass is 415 g/mol. The predicted molar refractivity (Wildman–Crippen MR) is 110 cm³/mol. The van der Waals surface area contributed by atoms with E-state index in [1.165, 1.54) is 12.1 Å². The maximum atomic E-state index is 13.7. The van der Waals surface area contributed by atoms with Gasteiger partial charge in [-0.1, -0.05) is 12.1 Å². The number of aromatic amines is 1. The van der Waals surface area contributed by atoms with Gasteiger partial charge < -0.3 is 9.88 Å². The van der Waals surface area contributed by atoms with Gasteiger partial charge in [-0.2, -0.15) is 0 Å². The molecule has 3 aromatic rings. The first kappa shape index (κ1) is 19.6. The molecule has 0 bridgehead atoms. The van der Waals surface area contributed by atoms with Gasteiger partial charge in [0.25, 0.3) is 5.91 Å². The van der Waals surface area contributed by atoms with Crippen LogP contribution in [0.4, 0.5) is 4.39 Å². The van der Waals surface area contributed by atoms with Crippen molar-refractivity contribution in [3.63, 3.8) is 0 Å². The SMILES string of the molecule is CS(=O)(=O)NCCc1ccc(C(=O)N2CCc3[nH]c4ccc(F)cc4c3C2)cc1. The number of carbonyl (C=O) groups excluding carboxylic acids is 1. The van der Waals surface area contributed by atoms with E-state index in [-0.39, 0.29) is 11.7 Å². The molecule has 0 radical (unpaired) electrons. The lowest BCUT2D eigenvalue weighted by molar-refractivity contribution is 0.0735. The summed E-state index contributed by atoms with van der Waals surface area (Å²) in [7, 11) is -3.21. The van der Waals surface area contributed by atoms with Crippen LogP contribution in [-0.4, -0.2) is 43.6 Å². The van der Waals surface area contributed by atoms with Crippen LogP contribution in [0.2, 0.25) is 0 Å². The van der Waals surface area contributed by atoms with Crippen molar-refractivity contribution in [3.8, 4) is 0 Å². The molecule has 1 aliphatic heterocycles. The van der Waals surface area contributed by atoms with Crippen molar-refractivity contribution in [3.05, 3.63) is 70.7 Å². The fraction of sp³-hybridized carbons (Fsp3) is 0.286. The molecule has 8 heteroatoms. The average molecular weight is 415 g/mol. The van der Waals surface area contributed by atoms with Gasteiger partial charge >= 0.3 is 0 Å². The number of amides is 1. The first-order valence-electron chi connectivity index (χ1n) is 9.42. The van der Waals surface area contributed by atoms with Crippen LogP contribution in [0, 0.1) is 5.82 Å². The van der Waals surface area contributed by atoms with Gasteiger partial charge in [-0.05, 0) is 42.3 Å². The number of benzene rings is 2. The quantitative estimate of drug-likeness (QED) is 0.672. The highest BCUT2D eigenvalue weighted by Crippen LogP contribution is 2.29. The minimum absolute atomic E-state index is 0.0674. The predicted octanol–water partition coefficient (Wildman–Crippen LogP) is 2.60. The van der Waals surface area contributed by atoms with Crippen LogP contribution >= 0.6 is 0 Å². The molecule has 1 amide bonds. The molecule has 0 spiro atoms. The molecule has 1 aromatic heterocycles. The molecule has 1 aliphatic rings. The van der Waals surface area contributed by atoms with Crippen molar-refractivity contribution < 1.29 is 17.6 Å². The highest BCUT2D eigenvalue weighted by Gasteiger charge is 2.25. The van der Waals surface area contributed by atoms with E-state index in [2.05, 4.69) is 9.71 Å². The van der Waals surface area contributed by atoms with Crippen molar-refractivity contribution >= 4 is 26.8 Å². The Balaban J connectivity index is 1.46. The summed E-state index contributed by atoms with van der Waals surface area (Å²) in [5.41, 5.74) is 4.45. The minimum Gasteiger partial charge on any atom is -0.358 e. The van der Waals surface area contributed by atoms with Gasteiger partial charge in [-0.3, -0.25) is 4.79 Å². The number of H-pyrrole nitrogens is 1. The number of hydrogen-bond acceptors (Lipinski definition) is 3. The minimum atomic E-state index is -3.21. The number of rotatable bonds is 5. The molecule has 0 fully saturated rings. The van der Waals surface area contributed by atoms with Gasteiger partial charge in [0.2, 0.25) is 10.0 Å². The molecule has 2 heterocycles. The molecule has 29 heavy (non-hydrogen) atoms. The van der Waals surface area contributed by atoms with E-state index in [1.807, 2.05) is 12.1 Å². The van der Waals surface area contributed by atoms with Crippen LogP contribution in [0.3, 0.4) is 0 Å². The van der Waals surface area contributed by atoms with Crippen LogP contribution < -0.4 is 4.72 Å². The summed E-state index contributed by atoms with van der Waals surface area (Å²) in [6.45, 7) is 1.36. The van der Waals surface area contributed by atoms with E-state index >= 15 is 0 Å². The standard InChI is InChI=1S/C21H22FN3O3S/c1-29(27,28)23-10-8-14-2-4-15(5-3-14)21(26)25-11-9-20-18(13-25)17-12-16(22)6-7-19(17)24-20/h2-7,12,23-24H,8-11,13H2,1H3. The van der Waals surface area contributed by atoms with Crippen molar-refractivity contribution in [2.24, 2.45) is 0 Å². The topological polar surface area (TPSA) is 82.3 Å². The molecule has 0 unspecified atom stereocenters. The summed E-state index contributed by atoms with van der Waals surface area (Å²) >= 11 is 0. The van der Waals surface area contributed by atoms with E-state index < -0.39 is 10.0 Å². The molecule has 6 nitrogen and oxygen atoms in total. The number of nitrogens with zero attached hydrogens (tertiary/aromatic N) is 1. The van der Waals surface area contributed by atoms with E-state index in [4.69, 9.17) is 0 Å². The lowest BCUT2D eigenvalue weighted by atomic mass is 10.0. The number of sulfonamides is 1. The normalized spacial score (nSPS) is 14.2. The van der Waals surface area contributed by atoms with Crippen molar-refractivity contribution in [2.75, 3.05) is 19.3 Å². The number of fused-ring (bicyclic) bond motifs is 3. The average Bonchev–Trinajstić information content (AvgIpc) is 3.04. The molecular formula is C21H22FN3O3S. The molecular weight excluding hydrogens is 393 g/mol. The number of halogens is 1. The van der Waals surface area contributed by atoms with Gasteiger partial charge in [-0.25, -0.2) is 17.5 Å². The Morgan fingerprint density at radius 1 is 1.21 bits per heavy atom. The third-order valence-corrected chi connectivity index (χ3v) is 5.93. The lowest BCUT2D eigenvalue weighted by Crippen LogP contribution is -2.35. The van der Waals surface area contributed by atoms with E-state index in [0.717, 1.165) is 34.0 Å². The van der Waals surface area contributed by atoms with Crippen molar-refractivity contribution in [2.45, 2.75) is 19.4 Å². The summed E-state index contributed by atoms with van der Waals surface area (Å²) in [4.78, 5) is 18.0. The Hall–Kier alpha value is -2.71. The van der Waals surface area contributed by atoms with Crippen molar-refractivity contribution in [1.29, 1.82) is 0 Å². The van der Waals surface area contributed by atoms with Crippen LogP contribution in [0.25, 0.3) is 10.9 Å². The summed E-state index contributed by atoms with van der Waals surface area (Å²) in [6, 6.07) is 11.9. The largest absolute Gasteiger partial charge is 0.358 e. The summed E-state index contributed by atoms with van der Waals surface area (Å²) in [6.07, 6.45) is 2.38. The highest BCUT2D eigenvalue weighted by atomic mass is 32.2. The number of hydrogen-bond donors (Lipinski definition) is 2. The molecule has 0 saturated carbocycles. The smallest absolute Gasteiger partial charge is 0.254 e. The summed E-state index contributed by atoms with van der Waals surface area (Å²) in [5.74, 6) is -0.356. The molecule has 0 aliphatic carbocycles. The third kappa shape index (κ3) is 4.33. The third-order valence-electron chi connectivity index (χ3n) is 5.20. The Kier molecular flexibility index (Phi) is 5.14. The molecule has 0 saturated heterocycles. The van der Waals surface area contributed by atoms with E-state index in [1.54, 1.807) is 23.1 Å². The maximum absolute atomic E-state index is 13.7. The van der Waals surface area contributed by atoms with Gasteiger partial charge in [-0.15, -0.1) is 0 Å². The molecule has 152 valence electrons. The second kappa shape index (κ2) is 7.61. The Morgan fingerprint density at radius 2 is 1.97 bits per heavy atom. The highest BCUT2D eigenvalue weighted by molar-refractivity contribution is 7.88.